The molecule has 0 radical (unpaired) electrons. The summed E-state index contributed by atoms with van der Waals surface area (Å²) in [4.78, 5) is 46.9. The number of rotatable bonds is 18. The quantitative estimate of drug-likeness (QED) is 0.136. The molecule has 0 aliphatic rings. The Kier molecular flexibility index (Phi) is 18.0. The molecule has 6 N–H and O–H groups in total. The molecule has 0 saturated heterocycles. The summed E-state index contributed by atoms with van der Waals surface area (Å²) < 4.78 is 0. The molecule has 0 aromatic heterocycles. The first-order chi connectivity index (χ1) is 17.0. The van der Waals surface area contributed by atoms with Gasteiger partial charge >= 0.3 is 12.0 Å². The molecule has 0 spiro atoms. The zero-order valence-corrected chi connectivity index (χ0v) is 23.1. The van der Waals surface area contributed by atoms with Gasteiger partial charge in [-0.1, -0.05) is 34.9 Å². The molecule has 0 aromatic carbocycles. The Morgan fingerprint density at radius 1 is 0.889 bits per heavy atom. The number of hydrogen-bond donors (Lipinski definition) is 5. The van der Waals surface area contributed by atoms with Crippen LogP contribution in [-0.4, -0.2) is 59.1 Å². The van der Waals surface area contributed by atoms with Gasteiger partial charge in [0.25, 0.3) is 0 Å². The van der Waals surface area contributed by atoms with Crippen molar-refractivity contribution in [2.24, 2.45) is 5.73 Å². The van der Waals surface area contributed by atoms with Crippen molar-refractivity contribution in [3.8, 4) is 0 Å². The number of nitrogens with two attached hydrogens (primary N) is 1. The average Bonchev–Trinajstić information content (AvgIpc) is 2.78. The Balaban J connectivity index is 4.46. The molecular formula is C26H44N4O5S. The molecule has 0 heterocycles. The van der Waals surface area contributed by atoms with E-state index in [1.54, 1.807) is 6.92 Å². The third kappa shape index (κ3) is 17.7. The van der Waals surface area contributed by atoms with Gasteiger partial charge in [0.05, 0.1) is 0 Å². The molecular weight excluding hydrogens is 480 g/mol. The molecule has 0 bridgehead atoms. The molecule has 204 valence electrons. The van der Waals surface area contributed by atoms with E-state index in [1.807, 2.05) is 0 Å². The van der Waals surface area contributed by atoms with Crippen LogP contribution in [0.4, 0.5) is 4.79 Å². The van der Waals surface area contributed by atoms with Crippen molar-refractivity contribution in [2.75, 3.05) is 18.1 Å². The Hall–Kier alpha value is -2.75. The molecule has 0 rings (SSSR count). The zero-order chi connectivity index (χ0) is 27.5. The van der Waals surface area contributed by atoms with Crippen LogP contribution in [0.2, 0.25) is 0 Å². The highest BCUT2D eigenvalue weighted by molar-refractivity contribution is 7.99. The molecule has 0 fully saturated rings. The first kappa shape index (κ1) is 33.2. The Bertz CT molecular complexity index is 819. The molecule has 0 aliphatic heterocycles. The predicted molar refractivity (Wildman–Crippen MR) is 147 cm³/mol. The van der Waals surface area contributed by atoms with Crippen LogP contribution in [0.1, 0.15) is 73.1 Å². The number of carboxylic acids is 1. The number of nitrogens with one attached hydrogen (secondary N) is 3. The normalized spacial score (nSPS) is 13.4. The van der Waals surface area contributed by atoms with Crippen LogP contribution in [0.15, 0.2) is 34.9 Å². The number of urea groups is 1. The fourth-order valence-corrected chi connectivity index (χ4v) is 4.10. The van der Waals surface area contributed by atoms with E-state index < -0.39 is 35.9 Å². The van der Waals surface area contributed by atoms with Crippen LogP contribution in [0, 0.1) is 0 Å². The van der Waals surface area contributed by atoms with Crippen molar-refractivity contribution < 1.29 is 24.3 Å². The van der Waals surface area contributed by atoms with E-state index >= 15 is 0 Å². The molecule has 0 aliphatic carbocycles. The van der Waals surface area contributed by atoms with Gasteiger partial charge in [-0.05, 0) is 66.7 Å². The summed E-state index contributed by atoms with van der Waals surface area (Å²) in [5.41, 5.74) is 9.24. The smallest absolute Gasteiger partial charge is 0.327 e. The largest absolute Gasteiger partial charge is 0.480 e. The van der Waals surface area contributed by atoms with Gasteiger partial charge in [0.15, 0.2) is 0 Å². The van der Waals surface area contributed by atoms with Crippen LogP contribution >= 0.6 is 11.8 Å². The number of allylic oxidation sites excluding steroid dienone is 5. The first-order valence-electron chi connectivity index (χ1n) is 12.3. The molecule has 9 nitrogen and oxygen atoms in total. The van der Waals surface area contributed by atoms with E-state index in [-0.39, 0.29) is 18.6 Å². The van der Waals surface area contributed by atoms with Crippen LogP contribution in [-0.2, 0) is 14.4 Å². The summed E-state index contributed by atoms with van der Waals surface area (Å²) in [6.07, 6.45) is 10.5. The lowest BCUT2D eigenvalue weighted by atomic mass is 10.1. The number of thioether (sulfide) groups is 1. The minimum atomic E-state index is -1.13. The fraction of sp³-hybridized carbons (Fsp3) is 0.615. The Morgan fingerprint density at radius 2 is 1.50 bits per heavy atom. The van der Waals surface area contributed by atoms with E-state index in [0.717, 1.165) is 25.7 Å². The third-order valence-corrected chi connectivity index (χ3v) is 6.21. The van der Waals surface area contributed by atoms with Gasteiger partial charge in [-0.15, -0.1) is 0 Å². The molecule has 4 amide bonds. The maximum Gasteiger partial charge on any atom is 0.327 e. The maximum absolute atomic E-state index is 12.2. The van der Waals surface area contributed by atoms with Gasteiger partial charge in [0, 0.05) is 24.5 Å². The van der Waals surface area contributed by atoms with Crippen molar-refractivity contribution in [3.63, 3.8) is 0 Å². The van der Waals surface area contributed by atoms with Crippen molar-refractivity contribution in [1.29, 1.82) is 0 Å². The second-order valence-corrected chi connectivity index (χ2v) is 10.0. The van der Waals surface area contributed by atoms with Gasteiger partial charge in [-0.2, -0.15) is 11.8 Å². The summed E-state index contributed by atoms with van der Waals surface area (Å²) >= 11 is 1.42. The van der Waals surface area contributed by atoms with E-state index in [2.05, 4.69) is 61.9 Å². The highest BCUT2D eigenvalue weighted by Gasteiger charge is 2.22. The fourth-order valence-electron chi connectivity index (χ4n) is 3.10. The molecule has 10 heteroatoms. The van der Waals surface area contributed by atoms with Gasteiger partial charge in [0.2, 0.25) is 11.8 Å². The molecule has 0 aromatic rings. The maximum atomic E-state index is 12.2. The summed E-state index contributed by atoms with van der Waals surface area (Å²) in [5.74, 6) is -1.56. The highest BCUT2D eigenvalue weighted by Crippen LogP contribution is 2.13. The summed E-state index contributed by atoms with van der Waals surface area (Å²) in [5, 5.41) is 16.8. The number of carbonyl (C=O) groups is 4. The van der Waals surface area contributed by atoms with Crippen molar-refractivity contribution >= 4 is 35.6 Å². The average molecular weight is 525 g/mol. The van der Waals surface area contributed by atoms with Crippen LogP contribution in [0.5, 0.6) is 0 Å². The molecule has 0 saturated carbocycles. The SMILES string of the molecule is CCNC(=O)NC(CCC(=O)N[C@@H](CSCC=C(C)CCC=C(C)CCC=C(C)C)C(=O)O)C(N)=O. The van der Waals surface area contributed by atoms with Crippen molar-refractivity contribution in [3.05, 3.63) is 34.9 Å². The summed E-state index contributed by atoms with van der Waals surface area (Å²) in [7, 11) is 0. The van der Waals surface area contributed by atoms with Gasteiger partial charge in [-0.25, -0.2) is 9.59 Å². The number of amides is 4. The minimum Gasteiger partial charge on any atom is -0.480 e. The summed E-state index contributed by atoms with van der Waals surface area (Å²) in [6, 6.07) is -2.63. The summed E-state index contributed by atoms with van der Waals surface area (Å²) in [6.45, 7) is 10.5. The number of hydrogen-bond acceptors (Lipinski definition) is 5. The van der Waals surface area contributed by atoms with Gasteiger partial charge in [-0.3, -0.25) is 9.59 Å². The second kappa shape index (κ2) is 19.4. The molecule has 36 heavy (non-hydrogen) atoms. The van der Waals surface area contributed by atoms with Crippen LogP contribution in [0.3, 0.4) is 0 Å². The van der Waals surface area contributed by atoms with E-state index in [0.29, 0.717) is 12.3 Å². The molecule has 2 atom stereocenters. The van der Waals surface area contributed by atoms with Crippen LogP contribution in [0.25, 0.3) is 0 Å². The Morgan fingerprint density at radius 3 is 2.06 bits per heavy atom. The van der Waals surface area contributed by atoms with Crippen molar-refractivity contribution in [1.82, 2.24) is 16.0 Å². The van der Waals surface area contributed by atoms with Gasteiger partial charge < -0.3 is 26.8 Å². The lowest BCUT2D eigenvalue weighted by Gasteiger charge is -2.17. The lowest BCUT2D eigenvalue weighted by molar-refractivity contribution is -0.141. The zero-order valence-electron chi connectivity index (χ0n) is 22.3. The van der Waals surface area contributed by atoms with Gasteiger partial charge in [0.1, 0.15) is 12.1 Å². The van der Waals surface area contributed by atoms with E-state index in [1.165, 1.54) is 28.5 Å². The van der Waals surface area contributed by atoms with E-state index in [9.17, 15) is 24.3 Å². The Labute approximate surface area is 219 Å². The minimum absolute atomic E-state index is 0.0252. The first-order valence-corrected chi connectivity index (χ1v) is 13.5. The topological polar surface area (TPSA) is 151 Å². The third-order valence-electron chi connectivity index (χ3n) is 5.24. The van der Waals surface area contributed by atoms with E-state index in [4.69, 9.17) is 5.73 Å². The monoisotopic (exact) mass is 524 g/mol. The lowest BCUT2D eigenvalue weighted by Crippen LogP contribution is -2.49. The van der Waals surface area contributed by atoms with Crippen LogP contribution < -0.4 is 21.7 Å². The highest BCUT2D eigenvalue weighted by atomic mass is 32.2. The number of carboxylic acid groups (broad SMARTS) is 1. The molecule has 1 unspecified atom stereocenters. The van der Waals surface area contributed by atoms with Crippen molar-refractivity contribution in [2.45, 2.75) is 85.2 Å². The number of primary amides is 1. The standard InChI is InChI=1S/C26H44N4O5S/c1-6-28-26(35)30-21(24(27)32)13-14-23(31)29-22(25(33)34)17-36-16-15-20(5)12-8-11-19(4)10-7-9-18(2)3/h9,11,15,21-22H,6-8,10,12-14,16-17H2,1-5H3,(H2,27,32)(H,29,31)(H,33,34)(H2,28,30,35)/t21?,22-/m0/s1. The number of carbonyl (C=O) groups excluding carboxylic acids is 3. The second-order valence-electron chi connectivity index (χ2n) is 8.95. The predicted octanol–water partition coefficient (Wildman–Crippen LogP) is 3.66. The number of aliphatic carboxylic acids is 1.